The number of sulfonamides is 1. The summed E-state index contributed by atoms with van der Waals surface area (Å²) in [4.78, 5) is 0. The Hall–Kier alpha value is 0.220. The highest BCUT2D eigenvalue weighted by atomic mass is 32.2. The van der Waals surface area contributed by atoms with Crippen molar-refractivity contribution in [1.29, 1.82) is 0 Å². The third-order valence-electron chi connectivity index (χ3n) is 1.77. The van der Waals surface area contributed by atoms with Crippen LogP contribution in [0.25, 0.3) is 0 Å². The van der Waals surface area contributed by atoms with Gasteiger partial charge in [-0.25, -0.2) is 13.1 Å². The summed E-state index contributed by atoms with van der Waals surface area (Å²) in [6.07, 6.45) is 2.99. The number of nitrogens with one attached hydrogen (secondary N) is 2. The molecule has 0 saturated carbocycles. The van der Waals surface area contributed by atoms with E-state index in [4.69, 9.17) is 0 Å². The lowest BCUT2D eigenvalue weighted by Crippen LogP contribution is -2.38. The first-order valence-corrected chi connectivity index (χ1v) is 8.26. The lowest BCUT2D eigenvalue weighted by Gasteiger charge is -2.12. The monoisotopic (exact) mass is 254 g/mol. The Morgan fingerprint density at radius 2 is 2.00 bits per heavy atom. The van der Waals surface area contributed by atoms with Crippen molar-refractivity contribution in [3.63, 3.8) is 0 Å². The Balaban J connectivity index is 3.76. The van der Waals surface area contributed by atoms with Crippen LogP contribution in [-0.4, -0.2) is 45.3 Å². The standard InChI is InChI=1S/C9H22N2O2S2/c1-4-5-10-6-7-15(12,13)11-9(2)8-14-3/h9-11H,4-8H2,1-3H3. The summed E-state index contributed by atoms with van der Waals surface area (Å²) in [6.45, 7) is 5.33. The van der Waals surface area contributed by atoms with Gasteiger partial charge in [0.25, 0.3) is 0 Å². The fourth-order valence-electron chi connectivity index (χ4n) is 1.16. The molecule has 0 aliphatic rings. The van der Waals surface area contributed by atoms with Crippen molar-refractivity contribution in [1.82, 2.24) is 10.0 Å². The van der Waals surface area contributed by atoms with Gasteiger partial charge in [0.05, 0.1) is 5.75 Å². The Bertz CT molecular complexity index is 242. The van der Waals surface area contributed by atoms with E-state index in [1.165, 1.54) is 0 Å². The van der Waals surface area contributed by atoms with Crippen LogP contribution in [0, 0.1) is 0 Å². The molecule has 0 aliphatic heterocycles. The summed E-state index contributed by atoms with van der Waals surface area (Å²) in [7, 11) is -3.11. The van der Waals surface area contributed by atoms with Crippen molar-refractivity contribution in [2.45, 2.75) is 26.3 Å². The molecule has 0 radical (unpaired) electrons. The number of hydrogen-bond donors (Lipinski definition) is 2. The van der Waals surface area contributed by atoms with Crippen LogP contribution < -0.4 is 10.0 Å². The Morgan fingerprint density at radius 1 is 1.33 bits per heavy atom. The van der Waals surface area contributed by atoms with Gasteiger partial charge in [-0.1, -0.05) is 6.92 Å². The average molecular weight is 254 g/mol. The van der Waals surface area contributed by atoms with Crippen molar-refractivity contribution in [3.05, 3.63) is 0 Å². The minimum Gasteiger partial charge on any atom is -0.316 e. The van der Waals surface area contributed by atoms with E-state index in [0.717, 1.165) is 18.7 Å². The molecule has 1 unspecified atom stereocenters. The van der Waals surface area contributed by atoms with Crippen molar-refractivity contribution >= 4 is 21.8 Å². The van der Waals surface area contributed by atoms with E-state index in [1.54, 1.807) is 11.8 Å². The minimum atomic E-state index is -3.11. The molecule has 0 rings (SSSR count). The molecule has 0 aromatic rings. The van der Waals surface area contributed by atoms with E-state index in [-0.39, 0.29) is 11.8 Å². The molecule has 0 bridgehead atoms. The predicted molar refractivity (Wildman–Crippen MR) is 67.9 cm³/mol. The summed E-state index contributed by atoms with van der Waals surface area (Å²) in [5.74, 6) is 0.966. The molecule has 0 aliphatic carbocycles. The lowest BCUT2D eigenvalue weighted by atomic mass is 10.4. The number of thioether (sulfide) groups is 1. The summed E-state index contributed by atoms with van der Waals surface area (Å²) >= 11 is 1.64. The SMILES string of the molecule is CCCNCCS(=O)(=O)NC(C)CSC. The van der Waals surface area contributed by atoms with E-state index in [1.807, 2.05) is 13.2 Å². The van der Waals surface area contributed by atoms with Crippen LogP contribution in [0.15, 0.2) is 0 Å². The van der Waals surface area contributed by atoms with Crippen LogP contribution in [-0.2, 0) is 10.0 Å². The molecule has 0 saturated heterocycles. The van der Waals surface area contributed by atoms with Gasteiger partial charge in [0, 0.05) is 18.3 Å². The summed E-state index contributed by atoms with van der Waals surface area (Å²) in [5, 5.41) is 3.07. The smallest absolute Gasteiger partial charge is 0.213 e. The molecule has 2 N–H and O–H groups in total. The predicted octanol–water partition coefficient (Wildman–Crippen LogP) is 0.657. The highest BCUT2D eigenvalue weighted by Gasteiger charge is 2.13. The van der Waals surface area contributed by atoms with Crippen LogP contribution in [0.3, 0.4) is 0 Å². The highest BCUT2D eigenvalue weighted by molar-refractivity contribution is 7.98. The maximum atomic E-state index is 11.5. The molecule has 1 atom stereocenters. The Labute approximate surface area is 97.6 Å². The molecular formula is C9H22N2O2S2. The highest BCUT2D eigenvalue weighted by Crippen LogP contribution is 1.98. The first-order chi connectivity index (χ1) is 7.02. The zero-order valence-electron chi connectivity index (χ0n) is 9.75. The molecule has 0 fully saturated rings. The van der Waals surface area contributed by atoms with Gasteiger partial charge in [-0.05, 0) is 26.1 Å². The molecule has 0 aromatic carbocycles. The average Bonchev–Trinajstić information content (AvgIpc) is 2.12. The summed E-state index contributed by atoms with van der Waals surface area (Å²) in [6, 6.07) is 0.0103. The molecule has 4 nitrogen and oxygen atoms in total. The maximum absolute atomic E-state index is 11.5. The van der Waals surface area contributed by atoms with Gasteiger partial charge in [-0.2, -0.15) is 11.8 Å². The molecule has 15 heavy (non-hydrogen) atoms. The van der Waals surface area contributed by atoms with Crippen molar-refractivity contribution in [2.24, 2.45) is 0 Å². The van der Waals surface area contributed by atoms with E-state index >= 15 is 0 Å². The first-order valence-electron chi connectivity index (χ1n) is 5.21. The second-order valence-electron chi connectivity index (χ2n) is 3.54. The molecular weight excluding hydrogens is 232 g/mol. The molecule has 0 heterocycles. The van der Waals surface area contributed by atoms with E-state index in [9.17, 15) is 8.42 Å². The Kier molecular flexibility index (Phi) is 8.50. The topological polar surface area (TPSA) is 58.2 Å². The van der Waals surface area contributed by atoms with Gasteiger partial charge in [0.15, 0.2) is 0 Å². The van der Waals surface area contributed by atoms with Gasteiger partial charge >= 0.3 is 0 Å². The third-order valence-corrected chi connectivity index (χ3v) is 4.11. The summed E-state index contributed by atoms with van der Waals surface area (Å²) in [5.41, 5.74) is 0. The quantitative estimate of drug-likeness (QED) is 0.593. The minimum absolute atomic E-state index is 0.0103. The molecule has 0 spiro atoms. The first kappa shape index (κ1) is 15.2. The van der Waals surface area contributed by atoms with Gasteiger partial charge in [0.2, 0.25) is 10.0 Å². The van der Waals surface area contributed by atoms with Gasteiger partial charge in [-0.15, -0.1) is 0 Å². The van der Waals surface area contributed by atoms with E-state index in [2.05, 4.69) is 17.0 Å². The largest absolute Gasteiger partial charge is 0.316 e. The van der Waals surface area contributed by atoms with Crippen molar-refractivity contribution in [2.75, 3.05) is 30.9 Å². The molecule has 6 heteroatoms. The van der Waals surface area contributed by atoms with E-state index < -0.39 is 10.0 Å². The van der Waals surface area contributed by atoms with Gasteiger partial charge in [-0.3, -0.25) is 0 Å². The number of hydrogen-bond acceptors (Lipinski definition) is 4. The van der Waals surface area contributed by atoms with Crippen molar-refractivity contribution < 1.29 is 8.42 Å². The van der Waals surface area contributed by atoms with Crippen molar-refractivity contribution in [3.8, 4) is 0 Å². The van der Waals surface area contributed by atoms with Crippen LogP contribution in [0.5, 0.6) is 0 Å². The molecule has 0 aromatic heterocycles. The zero-order chi connectivity index (χ0) is 11.7. The van der Waals surface area contributed by atoms with Crippen LogP contribution in [0.1, 0.15) is 20.3 Å². The van der Waals surface area contributed by atoms with E-state index in [0.29, 0.717) is 6.54 Å². The maximum Gasteiger partial charge on any atom is 0.213 e. The van der Waals surface area contributed by atoms with Crippen LogP contribution >= 0.6 is 11.8 Å². The molecule has 92 valence electrons. The second kappa shape index (κ2) is 8.38. The van der Waals surface area contributed by atoms with Crippen LogP contribution in [0.2, 0.25) is 0 Å². The van der Waals surface area contributed by atoms with Gasteiger partial charge < -0.3 is 5.32 Å². The lowest BCUT2D eigenvalue weighted by molar-refractivity contribution is 0.566. The van der Waals surface area contributed by atoms with Gasteiger partial charge in [0.1, 0.15) is 0 Å². The Morgan fingerprint density at radius 3 is 2.53 bits per heavy atom. The molecule has 0 amide bonds. The third kappa shape index (κ3) is 9.17. The fourth-order valence-corrected chi connectivity index (χ4v) is 3.07. The zero-order valence-corrected chi connectivity index (χ0v) is 11.4. The van der Waals surface area contributed by atoms with Crippen LogP contribution in [0.4, 0.5) is 0 Å². The second-order valence-corrected chi connectivity index (χ2v) is 6.33. The normalized spacial score (nSPS) is 14.1. The summed E-state index contributed by atoms with van der Waals surface area (Å²) < 4.78 is 25.7. The fraction of sp³-hybridized carbons (Fsp3) is 1.00. The number of rotatable bonds is 9.